The fourth-order valence-electron chi connectivity index (χ4n) is 1.44. The third kappa shape index (κ3) is 2.09. The summed E-state index contributed by atoms with van der Waals surface area (Å²) in [5.41, 5.74) is -0.699. The Labute approximate surface area is 94.7 Å². The number of carboxylic acids is 1. The van der Waals surface area contributed by atoms with Crippen LogP contribution in [0.15, 0.2) is 12.5 Å². The Morgan fingerprint density at radius 3 is 2.50 bits per heavy atom. The number of rotatable bonds is 4. The van der Waals surface area contributed by atoms with E-state index in [2.05, 4.69) is 4.98 Å². The summed E-state index contributed by atoms with van der Waals surface area (Å²) in [4.78, 5) is 15.0. The van der Waals surface area contributed by atoms with E-state index in [1.165, 1.54) is 20.0 Å². The fourth-order valence-corrected chi connectivity index (χ4v) is 1.44. The Bertz CT molecular complexity index is 382. The quantitative estimate of drug-likeness (QED) is 0.817. The smallest absolute Gasteiger partial charge is 0.312 e. The third-order valence-corrected chi connectivity index (χ3v) is 2.77. The van der Waals surface area contributed by atoms with E-state index in [4.69, 9.17) is 5.11 Å². The monoisotopic (exact) mass is 226 g/mol. The summed E-state index contributed by atoms with van der Waals surface area (Å²) in [5.74, 6) is -1.03. The number of hydrogen-bond acceptors (Lipinski definition) is 3. The molecule has 0 spiro atoms. The van der Waals surface area contributed by atoms with Gasteiger partial charge in [0.2, 0.25) is 0 Å². The molecule has 5 heteroatoms. The second-order valence-electron chi connectivity index (χ2n) is 4.75. The number of carbonyl (C=O) groups is 1. The Morgan fingerprint density at radius 2 is 2.06 bits per heavy atom. The lowest BCUT2D eigenvalue weighted by Gasteiger charge is -2.27. The number of hydrogen-bond donors (Lipinski definition) is 2. The van der Waals surface area contributed by atoms with E-state index in [0.717, 1.165) is 0 Å². The predicted molar refractivity (Wildman–Crippen MR) is 59.0 cm³/mol. The van der Waals surface area contributed by atoms with Crippen LogP contribution in [-0.2, 0) is 4.79 Å². The van der Waals surface area contributed by atoms with Crippen molar-refractivity contribution in [2.75, 3.05) is 0 Å². The number of aliphatic hydroxyl groups excluding tert-OH is 1. The van der Waals surface area contributed by atoms with Crippen LogP contribution in [0.4, 0.5) is 0 Å². The van der Waals surface area contributed by atoms with Crippen LogP contribution < -0.4 is 0 Å². The topological polar surface area (TPSA) is 75.3 Å². The van der Waals surface area contributed by atoms with Crippen molar-refractivity contribution < 1.29 is 15.0 Å². The molecule has 1 rings (SSSR count). The van der Waals surface area contributed by atoms with Crippen LogP contribution in [-0.4, -0.2) is 25.7 Å². The van der Waals surface area contributed by atoms with Gasteiger partial charge in [-0.2, -0.15) is 0 Å². The molecular formula is C11H18N2O3. The first kappa shape index (κ1) is 12.7. The zero-order valence-electron chi connectivity index (χ0n) is 10.0. The van der Waals surface area contributed by atoms with Crippen LogP contribution in [0, 0.1) is 5.41 Å². The molecule has 16 heavy (non-hydrogen) atoms. The van der Waals surface area contributed by atoms with Gasteiger partial charge in [0.15, 0.2) is 0 Å². The van der Waals surface area contributed by atoms with Gasteiger partial charge in [-0.1, -0.05) is 0 Å². The number of nitrogens with zero attached hydrogens (tertiary/aromatic N) is 2. The van der Waals surface area contributed by atoms with Gasteiger partial charge in [-0.15, -0.1) is 0 Å². The highest BCUT2D eigenvalue weighted by atomic mass is 16.4. The van der Waals surface area contributed by atoms with Crippen molar-refractivity contribution in [3.63, 3.8) is 0 Å². The van der Waals surface area contributed by atoms with Crippen molar-refractivity contribution in [1.82, 2.24) is 9.55 Å². The first-order valence-corrected chi connectivity index (χ1v) is 5.21. The van der Waals surface area contributed by atoms with Crippen molar-refractivity contribution in [2.45, 2.75) is 39.8 Å². The minimum absolute atomic E-state index is 0.136. The molecular weight excluding hydrogens is 208 g/mol. The molecule has 1 atom stereocenters. The summed E-state index contributed by atoms with van der Waals surface area (Å²) in [5, 5.41) is 19.1. The maximum atomic E-state index is 11.0. The second kappa shape index (κ2) is 4.25. The summed E-state index contributed by atoms with van der Waals surface area (Å²) < 4.78 is 1.77. The maximum Gasteiger partial charge on any atom is 0.312 e. The van der Waals surface area contributed by atoms with Crippen LogP contribution in [0.25, 0.3) is 0 Å². The summed E-state index contributed by atoms with van der Waals surface area (Å²) in [6.45, 7) is 6.90. The van der Waals surface area contributed by atoms with Gasteiger partial charge in [-0.05, 0) is 27.7 Å². The summed E-state index contributed by atoms with van der Waals surface area (Å²) in [6, 6.07) is 0.136. The van der Waals surface area contributed by atoms with Crippen LogP contribution >= 0.6 is 0 Å². The normalized spacial score (nSPS) is 14.1. The molecule has 0 aliphatic heterocycles. The zero-order chi connectivity index (χ0) is 12.5. The molecule has 90 valence electrons. The van der Waals surface area contributed by atoms with Gasteiger partial charge in [0.25, 0.3) is 0 Å². The van der Waals surface area contributed by atoms with Gasteiger partial charge in [0.1, 0.15) is 6.10 Å². The van der Waals surface area contributed by atoms with E-state index >= 15 is 0 Å². The van der Waals surface area contributed by atoms with Gasteiger partial charge >= 0.3 is 5.97 Å². The first-order valence-electron chi connectivity index (χ1n) is 5.21. The highest BCUT2D eigenvalue weighted by Gasteiger charge is 2.38. The van der Waals surface area contributed by atoms with Gasteiger partial charge in [-0.3, -0.25) is 4.79 Å². The van der Waals surface area contributed by atoms with E-state index in [1.807, 2.05) is 13.8 Å². The SMILES string of the molecule is CC(C)n1cncc1C(O)C(C)(C)C(=O)O. The number of imidazole rings is 1. The molecule has 2 N–H and O–H groups in total. The lowest BCUT2D eigenvalue weighted by molar-refractivity contribution is -0.154. The third-order valence-electron chi connectivity index (χ3n) is 2.77. The van der Waals surface area contributed by atoms with Crippen LogP contribution in [0.2, 0.25) is 0 Å². The molecule has 0 saturated carbocycles. The highest BCUT2D eigenvalue weighted by Crippen LogP contribution is 2.34. The average Bonchev–Trinajstić information content (AvgIpc) is 2.64. The van der Waals surface area contributed by atoms with Crippen molar-refractivity contribution >= 4 is 5.97 Å². The van der Waals surface area contributed by atoms with E-state index in [-0.39, 0.29) is 6.04 Å². The van der Waals surface area contributed by atoms with E-state index in [0.29, 0.717) is 5.69 Å². The van der Waals surface area contributed by atoms with Gasteiger partial charge in [-0.25, -0.2) is 4.98 Å². The van der Waals surface area contributed by atoms with Crippen molar-refractivity contribution in [3.8, 4) is 0 Å². The second-order valence-corrected chi connectivity index (χ2v) is 4.75. The minimum atomic E-state index is -1.23. The average molecular weight is 226 g/mol. The Hall–Kier alpha value is -1.36. The standard InChI is InChI=1S/C11H18N2O3/c1-7(2)13-6-12-5-8(13)9(14)11(3,4)10(15)16/h5-7,9,14H,1-4H3,(H,15,16). The fraction of sp³-hybridized carbons (Fsp3) is 0.636. The maximum absolute atomic E-state index is 11.0. The first-order chi connectivity index (χ1) is 7.28. The molecule has 0 aromatic carbocycles. The lowest BCUT2D eigenvalue weighted by Crippen LogP contribution is -2.32. The summed E-state index contributed by atoms with van der Waals surface area (Å²) in [6.07, 6.45) is 2.03. The largest absolute Gasteiger partial charge is 0.481 e. The van der Waals surface area contributed by atoms with Gasteiger partial charge in [0, 0.05) is 6.04 Å². The van der Waals surface area contributed by atoms with Crippen LogP contribution in [0.5, 0.6) is 0 Å². The van der Waals surface area contributed by atoms with Gasteiger partial charge < -0.3 is 14.8 Å². The molecule has 0 bridgehead atoms. The minimum Gasteiger partial charge on any atom is -0.481 e. The van der Waals surface area contributed by atoms with E-state index < -0.39 is 17.5 Å². The summed E-state index contributed by atoms with van der Waals surface area (Å²) in [7, 11) is 0. The summed E-state index contributed by atoms with van der Waals surface area (Å²) >= 11 is 0. The molecule has 0 radical (unpaired) electrons. The molecule has 0 fully saturated rings. The van der Waals surface area contributed by atoms with Crippen LogP contribution in [0.3, 0.4) is 0 Å². The Kier molecular flexibility index (Phi) is 3.38. The Morgan fingerprint density at radius 1 is 1.50 bits per heavy atom. The van der Waals surface area contributed by atoms with E-state index in [1.54, 1.807) is 10.9 Å². The number of carboxylic acid groups (broad SMARTS) is 1. The molecule has 1 aromatic rings. The Balaban J connectivity index is 3.10. The molecule has 1 unspecified atom stereocenters. The van der Waals surface area contributed by atoms with Crippen molar-refractivity contribution in [3.05, 3.63) is 18.2 Å². The van der Waals surface area contributed by atoms with Crippen LogP contribution in [0.1, 0.15) is 45.5 Å². The van der Waals surface area contributed by atoms with Crippen molar-refractivity contribution in [1.29, 1.82) is 0 Å². The molecule has 0 aliphatic rings. The van der Waals surface area contributed by atoms with Crippen molar-refractivity contribution in [2.24, 2.45) is 5.41 Å². The molecule has 0 saturated heterocycles. The molecule has 1 aromatic heterocycles. The number of aliphatic carboxylic acids is 1. The number of aliphatic hydroxyl groups is 1. The molecule has 5 nitrogen and oxygen atoms in total. The highest BCUT2D eigenvalue weighted by molar-refractivity contribution is 5.74. The van der Waals surface area contributed by atoms with E-state index in [9.17, 15) is 9.90 Å². The lowest BCUT2D eigenvalue weighted by atomic mass is 9.85. The molecule has 0 aliphatic carbocycles. The predicted octanol–water partition coefficient (Wildman–Crippen LogP) is 1.61. The zero-order valence-corrected chi connectivity index (χ0v) is 10.0. The molecule has 1 heterocycles. The molecule has 0 amide bonds. The van der Waals surface area contributed by atoms with Gasteiger partial charge in [0.05, 0.1) is 23.6 Å². The number of aromatic nitrogens is 2.